The van der Waals surface area contributed by atoms with Crippen LogP contribution in [0.1, 0.15) is 30.4 Å². The van der Waals surface area contributed by atoms with Gasteiger partial charge in [-0.1, -0.05) is 0 Å². The van der Waals surface area contributed by atoms with Crippen molar-refractivity contribution in [3.63, 3.8) is 0 Å². The number of nitrogens with zero attached hydrogens (tertiary/aromatic N) is 8. The summed E-state index contributed by atoms with van der Waals surface area (Å²) in [7, 11) is 0. The third-order valence-electron chi connectivity index (χ3n) is 4.91. The van der Waals surface area contributed by atoms with Crippen LogP contribution in [0.3, 0.4) is 0 Å². The summed E-state index contributed by atoms with van der Waals surface area (Å²) in [6.45, 7) is 4.96. The normalized spacial score (nSPS) is 19.2. The van der Waals surface area contributed by atoms with Gasteiger partial charge in [0.25, 0.3) is 0 Å². The number of ether oxygens (including phenoxy) is 1. The summed E-state index contributed by atoms with van der Waals surface area (Å²) in [5.41, 5.74) is 1.98. The van der Waals surface area contributed by atoms with Gasteiger partial charge in [0.15, 0.2) is 11.9 Å². The number of morpholine rings is 1. The van der Waals surface area contributed by atoms with Crippen molar-refractivity contribution in [3.05, 3.63) is 54.1 Å². The fourth-order valence-corrected chi connectivity index (χ4v) is 3.58. The third kappa shape index (κ3) is 3.25. The van der Waals surface area contributed by atoms with Crippen molar-refractivity contribution in [3.8, 4) is 17.6 Å². The van der Waals surface area contributed by atoms with Crippen LogP contribution in [0.15, 0.2) is 41.2 Å². The second-order valence-corrected chi connectivity index (χ2v) is 7.14. The molecule has 4 aromatic rings. The molecule has 0 N–H and O–H groups in total. The lowest BCUT2D eigenvalue weighted by atomic mass is 10.2. The minimum absolute atomic E-state index is 0.0386. The van der Waals surface area contributed by atoms with Crippen LogP contribution >= 0.6 is 0 Å². The first-order chi connectivity index (χ1) is 14.6. The Bertz CT molecular complexity index is 1260. The van der Waals surface area contributed by atoms with Gasteiger partial charge in [-0.3, -0.25) is 4.40 Å². The average Bonchev–Trinajstić information content (AvgIpc) is 3.39. The molecular formula is C20H18N8O2. The molecule has 0 unspecified atom stereocenters. The van der Waals surface area contributed by atoms with Gasteiger partial charge in [0.1, 0.15) is 23.2 Å². The molecule has 1 fully saturated rings. The zero-order valence-electron chi connectivity index (χ0n) is 16.4. The molecule has 1 aliphatic rings. The van der Waals surface area contributed by atoms with E-state index in [4.69, 9.17) is 14.1 Å². The van der Waals surface area contributed by atoms with Gasteiger partial charge < -0.3 is 14.1 Å². The predicted molar refractivity (Wildman–Crippen MR) is 105 cm³/mol. The van der Waals surface area contributed by atoms with E-state index in [2.05, 4.69) is 31.1 Å². The van der Waals surface area contributed by atoms with E-state index >= 15 is 0 Å². The number of anilines is 1. The lowest BCUT2D eigenvalue weighted by molar-refractivity contribution is -0.0313. The van der Waals surface area contributed by atoms with Crippen LogP contribution in [-0.4, -0.2) is 48.7 Å². The summed E-state index contributed by atoms with van der Waals surface area (Å²) >= 11 is 0. The maximum Gasteiger partial charge on any atom is 0.247 e. The van der Waals surface area contributed by atoms with Crippen LogP contribution in [0.4, 0.5) is 5.82 Å². The van der Waals surface area contributed by atoms with Crippen molar-refractivity contribution < 1.29 is 9.15 Å². The summed E-state index contributed by atoms with van der Waals surface area (Å²) < 4.78 is 13.4. The first-order valence-electron chi connectivity index (χ1n) is 9.52. The highest BCUT2D eigenvalue weighted by Crippen LogP contribution is 2.28. The Hall–Kier alpha value is -3.84. The molecule has 10 nitrogen and oxygen atoms in total. The SMILES string of the molecule is Cc1nnc([C@H]2CN(c3ccnc(-c4cnc5ccc(C#N)cn45)n3)C[C@@H](C)O2)o1. The van der Waals surface area contributed by atoms with E-state index in [-0.39, 0.29) is 12.2 Å². The number of aryl methyl sites for hydroxylation is 1. The quantitative estimate of drug-likeness (QED) is 0.508. The van der Waals surface area contributed by atoms with Crippen LogP contribution in [0, 0.1) is 18.3 Å². The Morgan fingerprint density at radius 2 is 2.07 bits per heavy atom. The molecule has 0 bridgehead atoms. The standard InChI is InChI=1S/C20H18N8O2/c1-12-9-27(11-16(29-12)20-26-25-13(2)30-20)18-5-6-22-19(24-18)15-8-23-17-4-3-14(7-21)10-28(15)17/h3-6,8,10,12,16H,9,11H2,1-2H3/t12-,16-/m1/s1. The molecule has 5 heterocycles. The molecule has 30 heavy (non-hydrogen) atoms. The second kappa shape index (κ2) is 7.20. The number of nitriles is 1. The number of imidazole rings is 1. The molecule has 0 aromatic carbocycles. The van der Waals surface area contributed by atoms with Crippen molar-refractivity contribution in [2.75, 3.05) is 18.0 Å². The fraction of sp³-hybridized carbons (Fsp3) is 0.300. The van der Waals surface area contributed by atoms with Gasteiger partial charge in [0.2, 0.25) is 11.8 Å². The fourth-order valence-electron chi connectivity index (χ4n) is 3.58. The van der Waals surface area contributed by atoms with Crippen LogP contribution in [0.2, 0.25) is 0 Å². The number of hydrogen-bond donors (Lipinski definition) is 0. The van der Waals surface area contributed by atoms with E-state index in [0.29, 0.717) is 42.0 Å². The number of fused-ring (bicyclic) bond motifs is 1. The summed E-state index contributed by atoms with van der Waals surface area (Å²) in [4.78, 5) is 15.7. The summed E-state index contributed by atoms with van der Waals surface area (Å²) in [5.74, 6) is 2.26. The molecule has 0 spiro atoms. The lowest BCUT2D eigenvalue weighted by Crippen LogP contribution is -2.43. The molecule has 10 heteroatoms. The summed E-state index contributed by atoms with van der Waals surface area (Å²) in [5, 5.41) is 17.2. The highest BCUT2D eigenvalue weighted by molar-refractivity contribution is 5.59. The first kappa shape index (κ1) is 18.2. The largest absolute Gasteiger partial charge is 0.423 e. The van der Waals surface area contributed by atoms with E-state index in [1.54, 1.807) is 37.6 Å². The van der Waals surface area contributed by atoms with Crippen molar-refractivity contribution in [2.24, 2.45) is 0 Å². The van der Waals surface area contributed by atoms with Gasteiger partial charge in [-0.25, -0.2) is 15.0 Å². The van der Waals surface area contributed by atoms with E-state index in [1.807, 2.05) is 17.4 Å². The minimum atomic E-state index is -0.331. The monoisotopic (exact) mass is 402 g/mol. The zero-order chi connectivity index (χ0) is 20.7. The molecule has 4 aromatic heterocycles. The Morgan fingerprint density at radius 3 is 2.87 bits per heavy atom. The van der Waals surface area contributed by atoms with Crippen LogP contribution in [0.5, 0.6) is 0 Å². The number of rotatable bonds is 3. The van der Waals surface area contributed by atoms with Gasteiger partial charge in [-0.05, 0) is 25.1 Å². The second-order valence-electron chi connectivity index (χ2n) is 7.14. The van der Waals surface area contributed by atoms with Crippen molar-refractivity contribution in [2.45, 2.75) is 26.1 Å². The van der Waals surface area contributed by atoms with Crippen LogP contribution in [0.25, 0.3) is 17.2 Å². The Balaban J connectivity index is 1.48. The number of aromatic nitrogens is 6. The van der Waals surface area contributed by atoms with E-state index in [1.165, 1.54) is 0 Å². The smallest absolute Gasteiger partial charge is 0.247 e. The molecule has 0 saturated carbocycles. The van der Waals surface area contributed by atoms with E-state index in [0.717, 1.165) is 11.5 Å². The van der Waals surface area contributed by atoms with Gasteiger partial charge >= 0.3 is 0 Å². The number of pyridine rings is 1. The summed E-state index contributed by atoms with van der Waals surface area (Å²) in [6.07, 6.45) is 4.79. The van der Waals surface area contributed by atoms with E-state index < -0.39 is 0 Å². The molecule has 150 valence electrons. The van der Waals surface area contributed by atoms with Gasteiger partial charge in [-0.2, -0.15) is 5.26 Å². The van der Waals surface area contributed by atoms with Gasteiger partial charge in [0, 0.05) is 25.9 Å². The Kier molecular flexibility index (Phi) is 4.37. The third-order valence-corrected chi connectivity index (χ3v) is 4.91. The molecule has 0 aliphatic carbocycles. The molecule has 1 aliphatic heterocycles. The van der Waals surface area contributed by atoms with Crippen LogP contribution in [-0.2, 0) is 4.74 Å². The Labute approximate surface area is 171 Å². The molecule has 2 atom stereocenters. The molecule has 0 radical (unpaired) electrons. The van der Waals surface area contributed by atoms with E-state index in [9.17, 15) is 5.26 Å². The maximum atomic E-state index is 9.20. The highest BCUT2D eigenvalue weighted by Gasteiger charge is 2.31. The molecule has 1 saturated heterocycles. The zero-order valence-corrected chi connectivity index (χ0v) is 16.4. The highest BCUT2D eigenvalue weighted by atomic mass is 16.5. The average molecular weight is 402 g/mol. The molecular weight excluding hydrogens is 384 g/mol. The lowest BCUT2D eigenvalue weighted by Gasteiger charge is -2.36. The van der Waals surface area contributed by atoms with Gasteiger partial charge in [-0.15, -0.1) is 10.2 Å². The van der Waals surface area contributed by atoms with Crippen LogP contribution < -0.4 is 4.90 Å². The maximum absolute atomic E-state index is 9.20. The first-order valence-corrected chi connectivity index (χ1v) is 9.52. The summed E-state index contributed by atoms with van der Waals surface area (Å²) in [6, 6.07) is 7.54. The Morgan fingerprint density at radius 1 is 1.17 bits per heavy atom. The molecule has 5 rings (SSSR count). The number of hydrogen-bond acceptors (Lipinski definition) is 9. The van der Waals surface area contributed by atoms with Crippen molar-refractivity contribution in [1.29, 1.82) is 5.26 Å². The van der Waals surface area contributed by atoms with Crippen molar-refractivity contribution in [1.82, 2.24) is 29.5 Å². The topological polar surface area (TPSA) is 118 Å². The molecule has 0 amide bonds. The predicted octanol–water partition coefficient (Wildman–Crippen LogP) is 2.32. The van der Waals surface area contributed by atoms with Gasteiger partial charge in [0.05, 0.1) is 24.4 Å². The minimum Gasteiger partial charge on any atom is -0.423 e. The van der Waals surface area contributed by atoms with Crippen molar-refractivity contribution >= 4 is 11.5 Å².